The fraction of sp³-hybridized carbons (Fsp3) is 0.714. The van der Waals surface area contributed by atoms with Gasteiger partial charge in [0.1, 0.15) is 0 Å². The van der Waals surface area contributed by atoms with Gasteiger partial charge >= 0.3 is 11.7 Å². The van der Waals surface area contributed by atoms with Gasteiger partial charge in [0.2, 0.25) is 5.16 Å². The Bertz CT molecular complexity index is 613. The molecule has 1 fully saturated rings. The molecule has 1 aromatic rings. The van der Waals surface area contributed by atoms with E-state index in [0.717, 1.165) is 42.5 Å². The zero-order valence-corrected chi connectivity index (χ0v) is 14.2. The number of hydrogen-bond acceptors (Lipinski definition) is 5. The third-order valence-corrected chi connectivity index (χ3v) is 4.44. The summed E-state index contributed by atoms with van der Waals surface area (Å²) in [6.07, 6.45) is 7.91. The van der Waals surface area contributed by atoms with E-state index in [1.54, 1.807) is 6.26 Å². The first-order valence-electron chi connectivity index (χ1n) is 7.68. The quantitative estimate of drug-likeness (QED) is 0.680. The molecule has 0 aliphatic heterocycles. The first kappa shape index (κ1) is 16.8. The third kappa shape index (κ3) is 3.79. The van der Waals surface area contributed by atoms with Crippen molar-refractivity contribution in [3.8, 4) is 0 Å². The third-order valence-electron chi connectivity index (χ3n) is 3.82. The Morgan fingerprint density at radius 3 is 2.68 bits per heavy atom. The second kappa shape index (κ2) is 7.62. The highest BCUT2D eigenvalue weighted by molar-refractivity contribution is 7.98. The van der Waals surface area contributed by atoms with Crippen LogP contribution in [0.1, 0.15) is 52.4 Å². The van der Waals surface area contributed by atoms with Crippen LogP contribution in [0.3, 0.4) is 0 Å². The first-order chi connectivity index (χ1) is 10.6. The van der Waals surface area contributed by atoms with E-state index in [4.69, 9.17) is 0 Å². The van der Waals surface area contributed by atoms with E-state index in [2.05, 4.69) is 15.5 Å². The number of hydrogen-bond donors (Lipinski definition) is 1. The van der Waals surface area contributed by atoms with Crippen LogP contribution >= 0.6 is 11.8 Å². The minimum atomic E-state index is -0.523. The molecule has 0 unspecified atom stereocenters. The second-order valence-electron chi connectivity index (χ2n) is 5.47. The maximum atomic E-state index is 12.4. The molecule has 1 amide bonds. The average molecular weight is 325 g/mol. The second-order valence-corrected chi connectivity index (χ2v) is 6.24. The summed E-state index contributed by atoms with van der Waals surface area (Å²) in [6.45, 7) is 3.80. The van der Waals surface area contributed by atoms with Crippen LogP contribution in [0.5, 0.6) is 0 Å². The van der Waals surface area contributed by atoms with Crippen LogP contribution in [0, 0.1) is 0 Å². The van der Waals surface area contributed by atoms with Gasteiger partial charge in [0.05, 0.1) is 0 Å². The lowest BCUT2D eigenvalue weighted by Gasteiger charge is -2.22. The lowest BCUT2D eigenvalue weighted by Crippen LogP contribution is -2.43. The van der Waals surface area contributed by atoms with E-state index in [9.17, 15) is 9.59 Å². The molecule has 22 heavy (non-hydrogen) atoms. The zero-order chi connectivity index (χ0) is 16.1. The Morgan fingerprint density at radius 2 is 2.09 bits per heavy atom. The maximum absolute atomic E-state index is 12.4. The lowest BCUT2D eigenvalue weighted by atomic mass is 9.96. The van der Waals surface area contributed by atoms with Crippen LogP contribution in [-0.4, -0.2) is 38.5 Å². The fourth-order valence-electron chi connectivity index (χ4n) is 2.41. The molecule has 1 heterocycles. The molecule has 1 aromatic heterocycles. The van der Waals surface area contributed by atoms with Crippen molar-refractivity contribution in [1.82, 2.24) is 19.8 Å². The van der Waals surface area contributed by atoms with Crippen LogP contribution in [0.2, 0.25) is 0 Å². The van der Waals surface area contributed by atoms with Gasteiger partial charge in [0.25, 0.3) is 0 Å². The van der Waals surface area contributed by atoms with Crippen LogP contribution in [0.25, 0.3) is 0 Å². The van der Waals surface area contributed by atoms with Gasteiger partial charge in [-0.1, -0.05) is 37.9 Å². The maximum Gasteiger partial charge on any atom is 0.376 e. The van der Waals surface area contributed by atoms with Gasteiger partial charge in [-0.2, -0.15) is 9.78 Å². The van der Waals surface area contributed by atoms with E-state index < -0.39 is 11.7 Å². The molecule has 1 aliphatic carbocycles. The molecule has 122 valence electrons. The minimum absolute atomic E-state index is 0.136. The predicted molar refractivity (Wildman–Crippen MR) is 87.9 cm³/mol. The van der Waals surface area contributed by atoms with Gasteiger partial charge in [-0.25, -0.2) is 9.59 Å². The van der Waals surface area contributed by atoms with E-state index in [-0.39, 0.29) is 6.04 Å². The van der Waals surface area contributed by atoms with Crippen molar-refractivity contribution in [2.75, 3.05) is 6.26 Å². The largest absolute Gasteiger partial charge is 0.376 e. The van der Waals surface area contributed by atoms with Crippen molar-refractivity contribution in [2.45, 2.75) is 63.6 Å². The Morgan fingerprint density at radius 1 is 1.41 bits per heavy atom. The Balaban J connectivity index is 2.23. The van der Waals surface area contributed by atoms with Crippen LogP contribution in [0.15, 0.2) is 15.1 Å². The lowest BCUT2D eigenvalue weighted by molar-refractivity contribution is 0.230. The highest BCUT2D eigenvalue weighted by Gasteiger charge is 2.21. The predicted octanol–water partition coefficient (Wildman–Crippen LogP) is 2.29. The van der Waals surface area contributed by atoms with Gasteiger partial charge in [0.15, 0.2) is 0 Å². The van der Waals surface area contributed by atoms with Crippen molar-refractivity contribution in [3.05, 3.63) is 10.5 Å². The van der Waals surface area contributed by atoms with Crippen LogP contribution in [0.4, 0.5) is 4.79 Å². The topological polar surface area (TPSA) is 81.3 Å². The molecule has 0 aromatic carbocycles. The van der Waals surface area contributed by atoms with Crippen LogP contribution in [-0.2, 0) is 0 Å². The average Bonchev–Trinajstić information content (AvgIpc) is 2.84. The fourth-order valence-corrected chi connectivity index (χ4v) is 2.87. The summed E-state index contributed by atoms with van der Waals surface area (Å²) < 4.78 is 2.08. The molecule has 2 rings (SSSR count). The zero-order valence-electron chi connectivity index (χ0n) is 13.3. The highest BCUT2D eigenvalue weighted by atomic mass is 32.2. The minimum Gasteiger partial charge on any atom is -0.333 e. The summed E-state index contributed by atoms with van der Waals surface area (Å²) in [5.74, 6) is 0. The Hall–Kier alpha value is -1.57. The van der Waals surface area contributed by atoms with Gasteiger partial charge < -0.3 is 5.32 Å². The normalized spacial score (nSPS) is 16.8. The van der Waals surface area contributed by atoms with Crippen molar-refractivity contribution >= 4 is 23.5 Å². The summed E-state index contributed by atoms with van der Waals surface area (Å²) in [5, 5.41) is 11.6. The summed E-state index contributed by atoms with van der Waals surface area (Å²) in [5.41, 5.74) is 0.287. The number of carbonyl (C=O) groups excluding carboxylic acids is 1. The van der Waals surface area contributed by atoms with E-state index in [0.29, 0.717) is 5.16 Å². The van der Waals surface area contributed by atoms with Crippen molar-refractivity contribution in [3.63, 3.8) is 0 Å². The monoisotopic (exact) mass is 325 g/mol. The first-order valence-corrected chi connectivity index (χ1v) is 8.90. The van der Waals surface area contributed by atoms with Gasteiger partial charge in [-0.05, 0) is 32.4 Å². The van der Waals surface area contributed by atoms with Crippen molar-refractivity contribution in [2.24, 2.45) is 5.10 Å². The van der Waals surface area contributed by atoms with Gasteiger partial charge in [0, 0.05) is 11.8 Å². The standard InChI is InChI=1S/C14H23N5O2S/c1-4-10(2)16-19-13(22-3)17-18(14(19)21)12(20)15-11-8-6-5-7-9-11/h11H,4-9H2,1-3H3,(H,15,20). The molecule has 0 spiro atoms. The number of aromatic nitrogens is 3. The SMILES string of the molecule is CCC(C)=Nn1c(SC)nn(C(=O)NC2CCCCC2)c1=O. The van der Waals surface area contributed by atoms with E-state index in [1.807, 2.05) is 13.8 Å². The Kier molecular flexibility index (Phi) is 5.82. The Labute approximate surface area is 134 Å². The molecule has 1 saturated carbocycles. The molecular formula is C14H23N5O2S. The number of rotatable bonds is 4. The van der Waals surface area contributed by atoms with Gasteiger partial charge in [-0.15, -0.1) is 9.78 Å². The molecule has 0 bridgehead atoms. The molecule has 1 aliphatic rings. The van der Waals surface area contributed by atoms with Crippen molar-refractivity contribution < 1.29 is 4.79 Å². The molecule has 0 atom stereocenters. The number of amides is 1. The molecule has 1 N–H and O–H groups in total. The number of carbonyl (C=O) groups is 1. The molecule has 0 saturated heterocycles. The summed E-state index contributed by atoms with van der Waals surface area (Å²) in [4.78, 5) is 24.7. The van der Waals surface area contributed by atoms with E-state index in [1.165, 1.54) is 22.9 Å². The van der Waals surface area contributed by atoms with Gasteiger partial charge in [-0.3, -0.25) is 0 Å². The molecule has 8 heteroatoms. The smallest absolute Gasteiger partial charge is 0.333 e. The number of nitrogens with zero attached hydrogens (tertiary/aromatic N) is 4. The van der Waals surface area contributed by atoms with Crippen molar-refractivity contribution in [1.29, 1.82) is 0 Å². The summed E-state index contributed by atoms with van der Waals surface area (Å²) in [7, 11) is 0. The summed E-state index contributed by atoms with van der Waals surface area (Å²) >= 11 is 1.29. The molecule has 7 nitrogen and oxygen atoms in total. The van der Waals surface area contributed by atoms with E-state index >= 15 is 0 Å². The highest BCUT2D eigenvalue weighted by Crippen LogP contribution is 2.17. The number of nitrogens with one attached hydrogen (secondary N) is 1. The summed E-state index contributed by atoms with van der Waals surface area (Å²) in [6, 6.07) is -0.327. The molecule has 0 radical (unpaired) electrons. The molecular weight excluding hydrogens is 302 g/mol. The number of thioether (sulfide) groups is 1. The van der Waals surface area contributed by atoms with Crippen LogP contribution < -0.4 is 11.0 Å².